The van der Waals surface area contributed by atoms with Gasteiger partial charge >= 0.3 is 5.97 Å². The van der Waals surface area contributed by atoms with Crippen molar-refractivity contribution in [2.24, 2.45) is 5.10 Å². The number of ether oxygens (including phenoxy) is 1. The lowest BCUT2D eigenvalue weighted by Gasteiger charge is -2.33. The third kappa shape index (κ3) is 4.88. The number of benzene rings is 1. The number of aromatic nitrogens is 1. The van der Waals surface area contributed by atoms with Crippen molar-refractivity contribution in [3.05, 3.63) is 48.7 Å². The maximum atomic E-state index is 13.1. The van der Waals surface area contributed by atoms with Crippen LogP contribution in [0.5, 0.6) is 0 Å². The van der Waals surface area contributed by atoms with Crippen LogP contribution in [0.2, 0.25) is 0 Å². The fourth-order valence-electron chi connectivity index (χ4n) is 3.78. The van der Waals surface area contributed by atoms with Crippen LogP contribution in [-0.4, -0.2) is 73.3 Å². The van der Waals surface area contributed by atoms with Crippen molar-refractivity contribution in [3.8, 4) is 0 Å². The normalized spacial score (nSPS) is 18.9. The lowest BCUT2D eigenvalue weighted by atomic mass is 10.1. The van der Waals surface area contributed by atoms with Crippen molar-refractivity contribution >= 4 is 34.8 Å². The first kappa shape index (κ1) is 21.8. The molecule has 0 aliphatic carbocycles. The quantitative estimate of drug-likeness (QED) is 0.693. The van der Waals surface area contributed by atoms with E-state index in [1.807, 2.05) is 42.5 Å². The van der Waals surface area contributed by atoms with Gasteiger partial charge in [-0.05, 0) is 38.2 Å². The molecule has 0 spiro atoms. The first-order valence-corrected chi connectivity index (χ1v) is 10.8. The SMILES string of the molecule is CCOC(=O)C1=NN(c2ccccc2)C(C(=O)Nc2ccc(N3CCN(C)CC3)nc2)C1. The summed E-state index contributed by atoms with van der Waals surface area (Å²) in [5, 5.41) is 8.88. The topological polar surface area (TPSA) is 90.4 Å². The van der Waals surface area contributed by atoms with Gasteiger partial charge < -0.3 is 19.9 Å². The Kier molecular flexibility index (Phi) is 6.65. The Morgan fingerprint density at radius 2 is 1.84 bits per heavy atom. The second-order valence-electron chi connectivity index (χ2n) is 7.85. The molecule has 0 bridgehead atoms. The number of nitrogens with one attached hydrogen (secondary N) is 1. The summed E-state index contributed by atoms with van der Waals surface area (Å²) in [5.41, 5.74) is 1.57. The number of esters is 1. The lowest BCUT2D eigenvalue weighted by molar-refractivity contribution is -0.135. The standard InChI is InChI=1S/C23H28N6O3/c1-3-32-23(31)19-15-20(29(26-19)18-7-5-4-6-8-18)22(30)25-17-9-10-21(24-16-17)28-13-11-27(2)12-14-28/h4-10,16,20H,3,11-15H2,1-2H3,(H,25,30). The van der Waals surface area contributed by atoms with Gasteiger partial charge in [-0.25, -0.2) is 9.78 Å². The van der Waals surface area contributed by atoms with Gasteiger partial charge in [0, 0.05) is 32.6 Å². The van der Waals surface area contributed by atoms with Gasteiger partial charge in [0.2, 0.25) is 5.91 Å². The van der Waals surface area contributed by atoms with E-state index in [-0.39, 0.29) is 24.6 Å². The summed E-state index contributed by atoms with van der Waals surface area (Å²) >= 11 is 0. The second kappa shape index (κ2) is 9.78. The number of para-hydroxylation sites is 1. The molecule has 32 heavy (non-hydrogen) atoms. The number of amides is 1. The Balaban J connectivity index is 1.46. The van der Waals surface area contributed by atoms with E-state index in [0.717, 1.165) is 37.7 Å². The molecule has 4 rings (SSSR count). The maximum Gasteiger partial charge on any atom is 0.354 e. The summed E-state index contributed by atoms with van der Waals surface area (Å²) < 4.78 is 5.09. The largest absolute Gasteiger partial charge is 0.461 e. The molecule has 9 heteroatoms. The molecule has 1 aromatic heterocycles. The van der Waals surface area contributed by atoms with E-state index in [9.17, 15) is 9.59 Å². The van der Waals surface area contributed by atoms with Crippen molar-refractivity contribution in [1.82, 2.24) is 9.88 Å². The first-order valence-electron chi connectivity index (χ1n) is 10.8. The molecule has 1 amide bonds. The summed E-state index contributed by atoms with van der Waals surface area (Å²) in [6.07, 6.45) is 1.84. The van der Waals surface area contributed by atoms with Crippen LogP contribution in [0.3, 0.4) is 0 Å². The highest BCUT2D eigenvalue weighted by Gasteiger charge is 2.37. The summed E-state index contributed by atoms with van der Waals surface area (Å²) in [4.78, 5) is 34.4. The van der Waals surface area contributed by atoms with Crippen molar-refractivity contribution in [2.75, 3.05) is 55.1 Å². The number of hydrogen-bond acceptors (Lipinski definition) is 8. The van der Waals surface area contributed by atoms with E-state index in [1.54, 1.807) is 18.1 Å². The van der Waals surface area contributed by atoms with Gasteiger partial charge in [-0.15, -0.1) is 0 Å². The molecule has 1 unspecified atom stereocenters. The highest BCUT2D eigenvalue weighted by Crippen LogP contribution is 2.26. The summed E-state index contributed by atoms with van der Waals surface area (Å²) in [6.45, 7) is 5.85. The molecular weight excluding hydrogens is 408 g/mol. The molecular formula is C23H28N6O3. The van der Waals surface area contributed by atoms with Crippen LogP contribution in [-0.2, 0) is 14.3 Å². The Bertz CT molecular complexity index is 971. The molecule has 2 aromatic rings. The molecule has 0 saturated carbocycles. The van der Waals surface area contributed by atoms with Crippen LogP contribution in [0, 0.1) is 0 Å². The van der Waals surface area contributed by atoms with Crippen molar-refractivity contribution in [3.63, 3.8) is 0 Å². The van der Waals surface area contributed by atoms with E-state index in [0.29, 0.717) is 5.69 Å². The minimum absolute atomic E-state index is 0.173. The molecule has 1 atom stereocenters. The minimum atomic E-state index is -0.658. The Labute approximate surface area is 187 Å². The summed E-state index contributed by atoms with van der Waals surface area (Å²) in [7, 11) is 2.11. The van der Waals surface area contributed by atoms with Crippen molar-refractivity contribution in [2.45, 2.75) is 19.4 Å². The smallest absolute Gasteiger partial charge is 0.354 e. The molecule has 1 saturated heterocycles. The number of pyridine rings is 1. The zero-order chi connectivity index (χ0) is 22.5. The molecule has 3 heterocycles. The summed E-state index contributed by atoms with van der Waals surface area (Å²) in [5.74, 6) is 0.142. The number of likely N-dealkylation sites (N-methyl/N-ethyl adjacent to an activating group) is 1. The molecule has 2 aliphatic rings. The van der Waals surface area contributed by atoms with Crippen LogP contribution in [0.25, 0.3) is 0 Å². The van der Waals surface area contributed by atoms with Crippen molar-refractivity contribution < 1.29 is 14.3 Å². The fourth-order valence-corrected chi connectivity index (χ4v) is 3.78. The molecule has 0 radical (unpaired) electrons. The third-order valence-electron chi connectivity index (χ3n) is 5.59. The third-order valence-corrected chi connectivity index (χ3v) is 5.59. The van der Waals surface area contributed by atoms with Crippen LogP contribution < -0.4 is 15.2 Å². The van der Waals surface area contributed by atoms with Gasteiger partial charge in [-0.1, -0.05) is 18.2 Å². The molecule has 1 aromatic carbocycles. The Morgan fingerprint density at radius 1 is 1.09 bits per heavy atom. The maximum absolute atomic E-state index is 13.1. The number of rotatable bonds is 6. The number of carbonyl (C=O) groups excluding carboxylic acids is 2. The number of piperazine rings is 1. The Hall–Kier alpha value is -3.46. The number of hydrazone groups is 1. The molecule has 2 aliphatic heterocycles. The highest BCUT2D eigenvalue weighted by molar-refractivity contribution is 6.38. The van der Waals surface area contributed by atoms with Gasteiger partial charge in [0.05, 0.1) is 24.2 Å². The lowest BCUT2D eigenvalue weighted by Crippen LogP contribution is -2.44. The number of hydrogen-bond donors (Lipinski definition) is 1. The minimum Gasteiger partial charge on any atom is -0.461 e. The van der Waals surface area contributed by atoms with Crippen molar-refractivity contribution in [1.29, 1.82) is 0 Å². The number of nitrogens with zero attached hydrogens (tertiary/aromatic N) is 5. The molecule has 9 nitrogen and oxygen atoms in total. The average Bonchev–Trinajstić information content (AvgIpc) is 3.27. The Morgan fingerprint density at radius 3 is 2.50 bits per heavy atom. The van der Waals surface area contributed by atoms with Crippen LogP contribution in [0.4, 0.5) is 17.2 Å². The number of carbonyl (C=O) groups is 2. The van der Waals surface area contributed by atoms with E-state index >= 15 is 0 Å². The predicted octanol–water partition coefficient (Wildman–Crippen LogP) is 1.97. The van der Waals surface area contributed by atoms with Gasteiger partial charge in [0.1, 0.15) is 17.6 Å². The zero-order valence-corrected chi connectivity index (χ0v) is 18.4. The van der Waals surface area contributed by atoms with E-state index < -0.39 is 12.0 Å². The highest BCUT2D eigenvalue weighted by atomic mass is 16.5. The van der Waals surface area contributed by atoms with Gasteiger partial charge in [-0.2, -0.15) is 5.10 Å². The van der Waals surface area contributed by atoms with E-state index in [2.05, 4.69) is 32.2 Å². The molecule has 1 fully saturated rings. The second-order valence-corrected chi connectivity index (χ2v) is 7.85. The van der Waals surface area contributed by atoms with Crippen LogP contribution in [0.1, 0.15) is 13.3 Å². The first-order chi connectivity index (χ1) is 15.5. The van der Waals surface area contributed by atoms with Crippen LogP contribution in [0.15, 0.2) is 53.8 Å². The zero-order valence-electron chi connectivity index (χ0n) is 18.4. The van der Waals surface area contributed by atoms with E-state index in [4.69, 9.17) is 4.74 Å². The molecule has 168 valence electrons. The van der Waals surface area contributed by atoms with Crippen LogP contribution >= 0.6 is 0 Å². The molecule has 1 N–H and O–H groups in total. The summed E-state index contributed by atoms with van der Waals surface area (Å²) in [6, 6.07) is 12.4. The predicted molar refractivity (Wildman–Crippen MR) is 124 cm³/mol. The monoisotopic (exact) mass is 436 g/mol. The fraction of sp³-hybridized carbons (Fsp3) is 0.391. The average molecular weight is 437 g/mol. The number of anilines is 3. The van der Waals surface area contributed by atoms with Gasteiger partial charge in [0.15, 0.2) is 0 Å². The van der Waals surface area contributed by atoms with E-state index in [1.165, 1.54) is 0 Å². The van der Waals surface area contributed by atoms with Gasteiger partial charge in [0.25, 0.3) is 0 Å². The van der Waals surface area contributed by atoms with Gasteiger partial charge in [-0.3, -0.25) is 9.80 Å².